The lowest BCUT2D eigenvalue weighted by Crippen LogP contribution is -2.27. The molecule has 1 aliphatic rings. The van der Waals surface area contributed by atoms with Crippen LogP contribution in [0.3, 0.4) is 0 Å². The van der Waals surface area contributed by atoms with E-state index in [2.05, 4.69) is 0 Å². The lowest BCUT2D eigenvalue weighted by atomic mass is 10.1. The molecule has 1 heterocycles. The molecule has 1 aliphatic heterocycles. The Balaban J connectivity index is 2.15. The van der Waals surface area contributed by atoms with E-state index < -0.39 is 5.97 Å². The Hall–Kier alpha value is -2.24. The second-order valence-corrected chi connectivity index (χ2v) is 4.23. The highest BCUT2D eigenvalue weighted by molar-refractivity contribution is 5.97. The third kappa shape index (κ3) is 3.15. The van der Waals surface area contributed by atoms with Gasteiger partial charge in [0, 0.05) is 7.05 Å². The molecule has 0 saturated carbocycles. The van der Waals surface area contributed by atoms with Gasteiger partial charge in [-0.2, -0.15) is 0 Å². The molecule has 6 heteroatoms. The molecule has 1 N–H and O–H groups in total. The van der Waals surface area contributed by atoms with Gasteiger partial charge in [-0.1, -0.05) is 0 Å². The van der Waals surface area contributed by atoms with Gasteiger partial charge in [-0.25, -0.2) is 0 Å². The third-order valence-electron chi connectivity index (χ3n) is 2.80. The van der Waals surface area contributed by atoms with Crippen LogP contribution < -0.4 is 9.47 Å². The van der Waals surface area contributed by atoms with Gasteiger partial charge in [0.15, 0.2) is 0 Å². The first kappa shape index (κ1) is 13.2. The average molecular weight is 265 g/mol. The van der Waals surface area contributed by atoms with Crippen molar-refractivity contribution in [2.45, 2.75) is 6.42 Å². The first-order valence-electron chi connectivity index (χ1n) is 5.95. The number of nitrogens with zero attached hydrogens (tertiary/aromatic N) is 1. The maximum absolute atomic E-state index is 12.1. The Morgan fingerprint density at radius 2 is 2.32 bits per heavy atom. The van der Waals surface area contributed by atoms with Crippen LogP contribution in [0.5, 0.6) is 11.5 Å². The quantitative estimate of drug-likeness (QED) is 0.879. The fraction of sp³-hybridized carbons (Fsp3) is 0.385. The largest absolute Gasteiger partial charge is 0.493 e. The minimum atomic E-state index is -0.922. The summed E-state index contributed by atoms with van der Waals surface area (Å²) in [6.07, 6.45) is -0.0819. The number of carboxylic acid groups (broad SMARTS) is 1. The molecule has 0 spiro atoms. The maximum Gasteiger partial charge on any atom is 0.306 e. The van der Waals surface area contributed by atoms with Gasteiger partial charge < -0.3 is 19.5 Å². The third-order valence-corrected chi connectivity index (χ3v) is 2.80. The van der Waals surface area contributed by atoms with Gasteiger partial charge in [0.05, 0.1) is 25.1 Å². The highest BCUT2D eigenvalue weighted by Crippen LogP contribution is 2.27. The molecule has 102 valence electrons. The van der Waals surface area contributed by atoms with Crippen LogP contribution in [0.1, 0.15) is 16.8 Å². The fourth-order valence-corrected chi connectivity index (χ4v) is 1.75. The summed E-state index contributed by atoms with van der Waals surface area (Å²) in [4.78, 5) is 24.0. The predicted molar refractivity (Wildman–Crippen MR) is 66.6 cm³/mol. The van der Waals surface area contributed by atoms with Crippen LogP contribution in [0.2, 0.25) is 0 Å². The predicted octanol–water partition coefficient (Wildman–Crippen LogP) is 1.00. The number of fused-ring (bicyclic) bond motifs is 1. The molecule has 0 aromatic heterocycles. The van der Waals surface area contributed by atoms with Gasteiger partial charge in [-0.15, -0.1) is 0 Å². The SMILES string of the molecule is CN1CCOc2ccc(OCCC(=O)O)cc2C1=O. The molecule has 0 atom stereocenters. The molecule has 0 aliphatic carbocycles. The first-order valence-corrected chi connectivity index (χ1v) is 5.95. The zero-order chi connectivity index (χ0) is 13.8. The highest BCUT2D eigenvalue weighted by Gasteiger charge is 2.21. The highest BCUT2D eigenvalue weighted by atomic mass is 16.5. The van der Waals surface area contributed by atoms with Crippen molar-refractivity contribution >= 4 is 11.9 Å². The Morgan fingerprint density at radius 3 is 3.05 bits per heavy atom. The number of aliphatic carboxylic acids is 1. The molecule has 1 amide bonds. The van der Waals surface area contributed by atoms with Gasteiger partial charge in [0.2, 0.25) is 0 Å². The molecule has 1 aromatic carbocycles. The number of carbonyl (C=O) groups excluding carboxylic acids is 1. The molecule has 2 rings (SSSR count). The summed E-state index contributed by atoms with van der Waals surface area (Å²) in [5.41, 5.74) is 0.438. The normalized spacial score (nSPS) is 14.4. The minimum Gasteiger partial charge on any atom is -0.493 e. The lowest BCUT2D eigenvalue weighted by Gasteiger charge is -2.13. The van der Waals surface area contributed by atoms with Gasteiger partial charge in [-0.05, 0) is 18.2 Å². The molecule has 0 fully saturated rings. The standard InChI is InChI=1S/C13H15NO5/c1-14-5-7-19-11-3-2-9(8-10(11)13(14)17)18-6-4-12(15)16/h2-3,8H,4-7H2,1H3,(H,15,16). The summed E-state index contributed by atoms with van der Waals surface area (Å²) in [7, 11) is 1.71. The second kappa shape index (κ2) is 5.60. The second-order valence-electron chi connectivity index (χ2n) is 4.23. The zero-order valence-corrected chi connectivity index (χ0v) is 10.6. The van der Waals surface area contributed by atoms with Crippen LogP contribution in [0.4, 0.5) is 0 Å². The molecule has 0 radical (unpaired) electrons. The molecule has 0 unspecified atom stereocenters. The summed E-state index contributed by atoms with van der Waals surface area (Å²) in [6.45, 7) is 1.05. The maximum atomic E-state index is 12.1. The molecule has 19 heavy (non-hydrogen) atoms. The molecule has 1 aromatic rings. The van der Waals surface area contributed by atoms with E-state index in [0.717, 1.165) is 0 Å². The van der Waals surface area contributed by atoms with E-state index in [1.54, 1.807) is 30.1 Å². The van der Waals surface area contributed by atoms with Crippen molar-refractivity contribution in [3.8, 4) is 11.5 Å². The van der Waals surface area contributed by atoms with Crippen LogP contribution in [0, 0.1) is 0 Å². The van der Waals surface area contributed by atoms with Crippen LogP contribution in [0.15, 0.2) is 18.2 Å². The summed E-state index contributed by atoms with van der Waals surface area (Å²) >= 11 is 0. The topological polar surface area (TPSA) is 76.1 Å². The number of carbonyl (C=O) groups is 2. The van der Waals surface area contributed by atoms with E-state index >= 15 is 0 Å². The number of hydrogen-bond donors (Lipinski definition) is 1. The Labute approximate surface area is 110 Å². The van der Waals surface area contributed by atoms with E-state index in [1.165, 1.54) is 0 Å². The molecular weight excluding hydrogens is 250 g/mol. The average Bonchev–Trinajstić information content (AvgIpc) is 2.50. The Bertz CT molecular complexity index is 500. The van der Waals surface area contributed by atoms with Crippen molar-refractivity contribution in [1.29, 1.82) is 0 Å². The summed E-state index contributed by atoms with van der Waals surface area (Å²) < 4.78 is 10.8. The number of ether oxygens (including phenoxy) is 2. The smallest absolute Gasteiger partial charge is 0.306 e. The van der Waals surface area contributed by atoms with E-state index in [4.69, 9.17) is 14.6 Å². The fourth-order valence-electron chi connectivity index (χ4n) is 1.75. The van der Waals surface area contributed by atoms with Crippen molar-refractivity contribution in [2.24, 2.45) is 0 Å². The van der Waals surface area contributed by atoms with E-state index in [1.807, 2.05) is 0 Å². The van der Waals surface area contributed by atoms with Crippen LogP contribution in [-0.4, -0.2) is 48.7 Å². The summed E-state index contributed by atoms with van der Waals surface area (Å²) in [5.74, 6) is -0.0581. The molecule has 6 nitrogen and oxygen atoms in total. The lowest BCUT2D eigenvalue weighted by molar-refractivity contribution is -0.137. The van der Waals surface area contributed by atoms with E-state index in [0.29, 0.717) is 30.2 Å². The van der Waals surface area contributed by atoms with Crippen molar-refractivity contribution in [1.82, 2.24) is 4.90 Å². The molecular formula is C13H15NO5. The number of benzene rings is 1. The van der Waals surface area contributed by atoms with Crippen LogP contribution in [0.25, 0.3) is 0 Å². The Morgan fingerprint density at radius 1 is 1.53 bits per heavy atom. The summed E-state index contributed by atoms with van der Waals surface area (Å²) in [6, 6.07) is 4.92. The first-order chi connectivity index (χ1) is 9.08. The van der Waals surface area contributed by atoms with E-state index in [-0.39, 0.29) is 18.9 Å². The van der Waals surface area contributed by atoms with E-state index in [9.17, 15) is 9.59 Å². The monoisotopic (exact) mass is 265 g/mol. The van der Waals surface area contributed by atoms with Crippen LogP contribution >= 0.6 is 0 Å². The van der Waals surface area contributed by atoms with Gasteiger partial charge in [-0.3, -0.25) is 9.59 Å². The van der Waals surface area contributed by atoms with Crippen molar-refractivity contribution in [3.63, 3.8) is 0 Å². The number of hydrogen-bond acceptors (Lipinski definition) is 4. The van der Waals surface area contributed by atoms with Crippen molar-refractivity contribution in [3.05, 3.63) is 23.8 Å². The van der Waals surface area contributed by atoms with Gasteiger partial charge in [0.25, 0.3) is 5.91 Å². The minimum absolute atomic E-state index is 0.0685. The number of rotatable bonds is 4. The number of amides is 1. The zero-order valence-electron chi connectivity index (χ0n) is 10.6. The van der Waals surface area contributed by atoms with Gasteiger partial charge in [0.1, 0.15) is 18.1 Å². The molecule has 0 bridgehead atoms. The van der Waals surface area contributed by atoms with Crippen molar-refractivity contribution in [2.75, 3.05) is 26.8 Å². The number of carboxylic acids is 1. The van der Waals surface area contributed by atoms with Gasteiger partial charge >= 0.3 is 5.97 Å². The molecule has 0 saturated heterocycles. The Kier molecular flexibility index (Phi) is 3.89. The summed E-state index contributed by atoms with van der Waals surface area (Å²) in [5, 5.41) is 8.54. The van der Waals surface area contributed by atoms with Crippen molar-refractivity contribution < 1.29 is 24.2 Å². The number of likely N-dealkylation sites (N-methyl/N-ethyl adjacent to an activating group) is 1. The van der Waals surface area contributed by atoms with Crippen LogP contribution in [-0.2, 0) is 4.79 Å².